The summed E-state index contributed by atoms with van der Waals surface area (Å²) in [6, 6.07) is 34.9. The second kappa shape index (κ2) is 17.2. The fourth-order valence-corrected chi connectivity index (χ4v) is 19.7. The van der Waals surface area contributed by atoms with Gasteiger partial charge in [-0.3, -0.25) is 0 Å². The summed E-state index contributed by atoms with van der Waals surface area (Å²) < 4.78 is 3.84. The zero-order chi connectivity index (χ0) is 41.3. The molecule has 0 N–H and O–H groups in total. The van der Waals surface area contributed by atoms with Crippen LogP contribution in [0, 0.1) is 11.3 Å². The quantitative estimate of drug-likeness (QED) is 0.181. The minimum atomic E-state index is -3.11. The van der Waals surface area contributed by atoms with Gasteiger partial charge < -0.3 is 24.8 Å². The van der Waals surface area contributed by atoms with Crippen LogP contribution in [-0.2, 0) is 42.9 Å². The molecule has 0 spiro atoms. The molecule has 310 valence electrons. The molecule has 6 rings (SSSR count). The molecule has 2 aliphatic carbocycles. The van der Waals surface area contributed by atoms with Crippen LogP contribution in [0.3, 0.4) is 0 Å². The predicted molar refractivity (Wildman–Crippen MR) is 243 cm³/mol. The molecule has 0 fully saturated rings. The van der Waals surface area contributed by atoms with Crippen LogP contribution in [0.4, 0.5) is 0 Å². The van der Waals surface area contributed by atoms with Crippen molar-refractivity contribution in [2.45, 2.75) is 156 Å². The molecule has 0 amide bonds. The van der Waals surface area contributed by atoms with E-state index in [4.69, 9.17) is 0 Å². The number of hydrogen-bond donors (Lipinski definition) is 0. The van der Waals surface area contributed by atoms with Gasteiger partial charge in [-0.15, -0.1) is 0 Å². The second-order valence-corrected chi connectivity index (χ2v) is 28.1. The van der Waals surface area contributed by atoms with E-state index < -0.39 is 21.3 Å². The minimum absolute atomic E-state index is 0. The number of benzene rings is 4. The molecule has 1 unspecified atom stereocenters. The van der Waals surface area contributed by atoms with Gasteiger partial charge in [-0.1, -0.05) is 0 Å². The first-order valence-electron chi connectivity index (χ1n) is 21.6. The summed E-state index contributed by atoms with van der Waals surface area (Å²) in [7, 11) is 0. The van der Waals surface area contributed by atoms with E-state index in [0.717, 1.165) is 12.8 Å². The monoisotopic (exact) mass is 892 g/mol. The average molecular weight is 895 g/mol. The maximum atomic E-state index is 2.73. The number of fused-ring (bicyclic) bond motifs is 3. The van der Waals surface area contributed by atoms with Crippen LogP contribution >= 0.6 is 0 Å². The van der Waals surface area contributed by atoms with Crippen molar-refractivity contribution >= 4 is 3.21 Å². The Morgan fingerprint density at radius 1 is 0.483 bits per heavy atom. The van der Waals surface area contributed by atoms with Crippen LogP contribution in [0.15, 0.2) is 105 Å². The van der Waals surface area contributed by atoms with Crippen LogP contribution < -0.4 is 24.8 Å². The van der Waals surface area contributed by atoms with Gasteiger partial charge in [-0.05, 0) is 0 Å². The molecule has 4 aromatic carbocycles. The van der Waals surface area contributed by atoms with Crippen LogP contribution in [0.5, 0.6) is 0 Å². The molecule has 0 nitrogen and oxygen atoms in total. The summed E-state index contributed by atoms with van der Waals surface area (Å²) >= 11 is -3.11. The summed E-state index contributed by atoms with van der Waals surface area (Å²) in [4.78, 5) is 0. The van der Waals surface area contributed by atoms with E-state index in [-0.39, 0.29) is 51.9 Å². The van der Waals surface area contributed by atoms with Gasteiger partial charge in [-0.2, -0.15) is 0 Å². The van der Waals surface area contributed by atoms with Gasteiger partial charge in [0, 0.05) is 0 Å². The van der Waals surface area contributed by atoms with Gasteiger partial charge in [0.05, 0.1) is 0 Å². The average Bonchev–Trinajstić information content (AvgIpc) is 3.64. The van der Waals surface area contributed by atoms with Gasteiger partial charge >= 0.3 is 353 Å². The first-order chi connectivity index (χ1) is 25.9. The molecule has 0 radical (unpaired) electrons. The van der Waals surface area contributed by atoms with Gasteiger partial charge in [0.25, 0.3) is 0 Å². The Morgan fingerprint density at radius 3 is 1.16 bits per heavy atom. The maximum Gasteiger partial charge on any atom is -1.00 e. The van der Waals surface area contributed by atoms with Crippen molar-refractivity contribution in [3.8, 4) is 11.1 Å². The Hall–Kier alpha value is -2.31. The van der Waals surface area contributed by atoms with Crippen LogP contribution in [0.25, 0.3) is 11.1 Å². The standard InChI is InChI=1S/C21H25.C21H26.C13H21.2ClH.Zr/c1-20(2,3)16-7-9-18-14(12-16)11-15-13-17(21(4,5)6)8-10-19(15)18;1-20(2,3)18-11-7-16(8-12-18)15-17-9-13-19(14-10-17)21(4,5)6;1-6-10-8-11(7-2)12(9-10)13(3,4)5;;;/h7-13H,1-6H3;7-14H,1-6H3;9-10H,6-7H2,1-5H3;2*1H;/q;;;;;+2/p-2. The van der Waals surface area contributed by atoms with E-state index in [1.54, 1.807) is 25.5 Å². The van der Waals surface area contributed by atoms with Crippen LogP contribution in [0.2, 0.25) is 0 Å². The molecule has 1 atom stereocenters. The van der Waals surface area contributed by atoms with E-state index in [0.29, 0.717) is 9.54 Å². The molecule has 4 aromatic rings. The van der Waals surface area contributed by atoms with Crippen molar-refractivity contribution in [3.63, 3.8) is 0 Å². The van der Waals surface area contributed by atoms with Gasteiger partial charge in [0.15, 0.2) is 0 Å². The Kier molecular flexibility index (Phi) is 14.4. The first kappa shape index (κ1) is 48.4. The predicted octanol–water partition coefficient (Wildman–Crippen LogP) is 9.52. The molecule has 58 heavy (non-hydrogen) atoms. The molecule has 0 aromatic heterocycles. The van der Waals surface area contributed by atoms with Crippen molar-refractivity contribution < 1.29 is 46.1 Å². The smallest absolute Gasteiger partial charge is 1.00 e. The SMILES string of the molecule is CCC1=[C]([Zr+2](=[C](c2ccc(C(C)(C)C)cc2)c2ccc(C(C)(C)C)cc2)[CH]2c3cc(C(C)(C)C)ccc3-c3ccc(C(C)(C)C)cc32)C(CC)C=C1C(C)(C)C.[Cl-].[Cl-]. The Bertz CT molecular complexity index is 2090. The van der Waals surface area contributed by atoms with Crippen molar-refractivity contribution in [1.29, 1.82) is 0 Å². The zero-order valence-electron chi connectivity index (χ0n) is 39.0. The summed E-state index contributed by atoms with van der Waals surface area (Å²) in [5.74, 6) is 0.454. The minimum Gasteiger partial charge on any atom is -1.00 e. The summed E-state index contributed by atoms with van der Waals surface area (Å²) in [5.41, 5.74) is 18.2. The van der Waals surface area contributed by atoms with Gasteiger partial charge in [-0.25, -0.2) is 0 Å². The van der Waals surface area contributed by atoms with Crippen LogP contribution in [0.1, 0.15) is 179 Å². The van der Waals surface area contributed by atoms with Gasteiger partial charge in [0.1, 0.15) is 0 Å². The first-order valence-corrected chi connectivity index (χ1v) is 25.4. The Morgan fingerprint density at radius 2 is 0.845 bits per heavy atom. The van der Waals surface area contributed by atoms with E-state index in [1.807, 2.05) is 3.28 Å². The molecule has 0 bridgehead atoms. The molecule has 0 saturated heterocycles. The summed E-state index contributed by atoms with van der Waals surface area (Å²) in [6.07, 6.45) is 4.94. The molecule has 0 aliphatic heterocycles. The zero-order valence-corrected chi connectivity index (χ0v) is 43.0. The van der Waals surface area contributed by atoms with E-state index >= 15 is 0 Å². The maximum absolute atomic E-state index is 3.11. The number of hydrogen-bond acceptors (Lipinski definition) is 0. The van der Waals surface area contributed by atoms with E-state index in [9.17, 15) is 0 Å². The van der Waals surface area contributed by atoms with Crippen molar-refractivity contribution in [3.05, 3.63) is 150 Å². The topological polar surface area (TPSA) is 0 Å². The van der Waals surface area contributed by atoms with Crippen molar-refractivity contribution in [2.75, 3.05) is 0 Å². The van der Waals surface area contributed by atoms with E-state index in [1.165, 1.54) is 44.5 Å². The third-order valence-corrected chi connectivity index (χ3v) is 21.4. The molecule has 0 saturated carbocycles. The summed E-state index contributed by atoms with van der Waals surface area (Å²) in [5, 5.41) is 0. The number of allylic oxidation sites excluding steroid dienone is 4. The third-order valence-electron chi connectivity index (χ3n) is 12.7. The van der Waals surface area contributed by atoms with Gasteiger partial charge in [0.2, 0.25) is 0 Å². The Labute approximate surface area is 374 Å². The second-order valence-electron chi connectivity index (χ2n) is 22.1. The molecule has 2 aliphatic rings. The fraction of sp³-hybridized carbons (Fsp3) is 0.473. The molecule has 0 heterocycles. The summed E-state index contributed by atoms with van der Waals surface area (Å²) in [6.45, 7) is 40.6. The third kappa shape index (κ3) is 9.44. The van der Waals surface area contributed by atoms with Crippen molar-refractivity contribution in [1.82, 2.24) is 0 Å². The number of halogens is 2. The van der Waals surface area contributed by atoms with Crippen molar-refractivity contribution in [2.24, 2.45) is 11.3 Å². The largest absolute Gasteiger partial charge is 1.00 e. The molecular weight excluding hydrogens is 823 g/mol. The Balaban J connectivity index is 0.00000372. The normalized spacial score (nSPS) is 15.9. The van der Waals surface area contributed by atoms with E-state index in [2.05, 4.69) is 209 Å². The molecule has 3 heteroatoms. The fourth-order valence-electron chi connectivity index (χ4n) is 9.21. The van der Waals surface area contributed by atoms with Crippen LogP contribution in [-0.4, -0.2) is 3.21 Å². The number of rotatable bonds is 6. The molecular formula is C55H72Cl2Zr.